The van der Waals surface area contributed by atoms with Crippen molar-refractivity contribution in [2.45, 2.75) is 31.1 Å². The molecule has 0 aliphatic rings. The predicted molar refractivity (Wildman–Crippen MR) is 127 cm³/mol. The van der Waals surface area contributed by atoms with Gasteiger partial charge in [-0.25, -0.2) is 0 Å². The Hall–Kier alpha value is -3.03. The van der Waals surface area contributed by atoms with E-state index in [1.54, 1.807) is 19.2 Å². The van der Waals surface area contributed by atoms with Crippen LogP contribution in [-0.2, 0) is 17.4 Å². The SMILES string of the molecule is CNC(=O)C(NC(CCc1ccc(C(F)(F)F)cc1)c1ccc(Cl)c(OC)c1)c1ccccc1. The highest BCUT2D eigenvalue weighted by atomic mass is 35.5. The van der Waals surface area contributed by atoms with Crippen LogP contribution in [0.5, 0.6) is 5.75 Å². The molecule has 4 nitrogen and oxygen atoms in total. The highest BCUT2D eigenvalue weighted by Crippen LogP contribution is 2.32. The molecule has 0 aromatic heterocycles. The maximum absolute atomic E-state index is 12.9. The van der Waals surface area contributed by atoms with Crippen LogP contribution in [0.15, 0.2) is 72.8 Å². The largest absolute Gasteiger partial charge is 0.495 e. The van der Waals surface area contributed by atoms with Gasteiger partial charge in [0.25, 0.3) is 0 Å². The Morgan fingerprint density at radius 3 is 2.26 bits per heavy atom. The first-order valence-electron chi connectivity index (χ1n) is 10.7. The van der Waals surface area contributed by atoms with E-state index in [2.05, 4.69) is 10.6 Å². The second-order valence-corrected chi connectivity index (χ2v) is 8.21. The van der Waals surface area contributed by atoms with Crippen LogP contribution in [0.4, 0.5) is 13.2 Å². The van der Waals surface area contributed by atoms with Crippen molar-refractivity contribution in [3.05, 3.63) is 100 Å². The highest BCUT2D eigenvalue weighted by Gasteiger charge is 2.30. The van der Waals surface area contributed by atoms with E-state index in [-0.39, 0.29) is 11.9 Å². The predicted octanol–water partition coefficient (Wildman–Crippen LogP) is 6.12. The molecule has 0 fully saturated rings. The number of hydrogen-bond donors (Lipinski definition) is 2. The fourth-order valence-corrected chi connectivity index (χ4v) is 3.92. The van der Waals surface area contributed by atoms with Crippen molar-refractivity contribution in [3.8, 4) is 5.75 Å². The number of likely N-dealkylation sites (N-methyl/N-ethyl adjacent to an activating group) is 1. The molecule has 3 aromatic carbocycles. The number of carbonyl (C=O) groups excluding carboxylic acids is 1. The van der Waals surface area contributed by atoms with Crippen LogP contribution in [0.25, 0.3) is 0 Å². The molecule has 3 rings (SSSR count). The number of rotatable bonds is 9. The molecule has 0 heterocycles. The van der Waals surface area contributed by atoms with Crippen molar-refractivity contribution in [1.82, 2.24) is 10.6 Å². The van der Waals surface area contributed by atoms with E-state index in [1.807, 2.05) is 36.4 Å². The van der Waals surface area contributed by atoms with Gasteiger partial charge >= 0.3 is 6.18 Å². The third-order valence-corrected chi connectivity index (χ3v) is 5.90. The van der Waals surface area contributed by atoms with Crippen LogP contribution in [0.3, 0.4) is 0 Å². The lowest BCUT2D eigenvalue weighted by Crippen LogP contribution is -2.38. The number of halogens is 4. The van der Waals surface area contributed by atoms with E-state index in [9.17, 15) is 18.0 Å². The monoisotopic (exact) mass is 490 g/mol. The minimum atomic E-state index is -4.38. The average molecular weight is 491 g/mol. The quantitative estimate of drug-likeness (QED) is 0.380. The number of aryl methyl sites for hydroxylation is 1. The van der Waals surface area contributed by atoms with Crippen molar-refractivity contribution >= 4 is 17.5 Å². The van der Waals surface area contributed by atoms with Crippen molar-refractivity contribution in [3.63, 3.8) is 0 Å². The standard InChI is InChI=1S/C26H26ClF3N2O2/c1-31-25(33)24(18-6-4-3-5-7-18)32-22(19-11-14-21(27)23(16-19)34-2)15-10-17-8-12-20(13-9-17)26(28,29)30/h3-9,11-14,16,22,24,32H,10,15H2,1-2H3,(H,31,33). The van der Waals surface area contributed by atoms with Gasteiger partial charge in [-0.05, 0) is 53.8 Å². The van der Waals surface area contributed by atoms with Gasteiger partial charge in [0.15, 0.2) is 0 Å². The van der Waals surface area contributed by atoms with Crippen molar-refractivity contribution in [2.75, 3.05) is 14.2 Å². The van der Waals surface area contributed by atoms with Gasteiger partial charge in [-0.1, -0.05) is 60.1 Å². The van der Waals surface area contributed by atoms with Gasteiger partial charge in [0.2, 0.25) is 5.91 Å². The molecular formula is C26H26ClF3N2O2. The number of methoxy groups -OCH3 is 1. The fourth-order valence-electron chi connectivity index (χ4n) is 3.73. The summed E-state index contributed by atoms with van der Waals surface area (Å²) in [6.45, 7) is 0. The van der Waals surface area contributed by atoms with Crippen LogP contribution in [0, 0.1) is 0 Å². The number of ether oxygens (including phenoxy) is 1. The highest BCUT2D eigenvalue weighted by molar-refractivity contribution is 6.32. The van der Waals surface area contributed by atoms with Gasteiger partial charge in [0, 0.05) is 13.1 Å². The Labute approximate surface area is 202 Å². The van der Waals surface area contributed by atoms with E-state index < -0.39 is 17.8 Å². The van der Waals surface area contributed by atoms with E-state index in [4.69, 9.17) is 16.3 Å². The first-order chi connectivity index (χ1) is 16.2. The minimum absolute atomic E-state index is 0.202. The maximum atomic E-state index is 12.9. The molecule has 8 heteroatoms. The maximum Gasteiger partial charge on any atom is 0.416 e. The zero-order valence-corrected chi connectivity index (χ0v) is 19.6. The lowest BCUT2D eigenvalue weighted by Gasteiger charge is -2.26. The molecule has 180 valence electrons. The molecule has 34 heavy (non-hydrogen) atoms. The minimum Gasteiger partial charge on any atom is -0.495 e. The summed E-state index contributed by atoms with van der Waals surface area (Å²) in [5, 5.41) is 6.57. The number of hydrogen-bond acceptors (Lipinski definition) is 3. The number of carbonyl (C=O) groups is 1. The molecule has 0 saturated heterocycles. The summed E-state index contributed by atoms with van der Waals surface area (Å²) in [7, 11) is 3.09. The molecule has 0 aliphatic heterocycles. The molecule has 2 N–H and O–H groups in total. The third kappa shape index (κ3) is 6.52. The fraction of sp³-hybridized carbons (Fsp3) is 0.269. The van der Waals surface area contributed by atoms with E-state index in [1.165, 1.54) is 19.2 Å². The summed E-state index contributed by atoms with van der Waals surface area (Å²) < 4.78 is 44.1. The molecule has 0 saturated carbocycles. The smallest absolute Gasteiger partial charge is 0.416 e. The molecule has 0 bridgehead atoms. The zero-order chi connectivity index (χ0) is 24.7. The van der Waals surface area contributed by atoms with Crippen molar-refractivity contribution < 1.29 is 22.7 Å². The Kier molecular flexibility index (Phi) is 8.58. The molecule has 3 aromatic rings. The van der Waals surface area contributed by atoms with Gasteiger partial charge in [-0.3, -0.25) is 10.1 Å². The summed E-state index contributed by atoms with van der Waals surface area (Å²) in [5.74, 6) is 0.295. The summed E-state index contributed by atoms with van der Waals surface area (Å²) in [6.07, 6.45) is -3.36. The Balaban J connectivity index is 1.89. The lowest BCUT2D eigenvalue weighted by atomic mass is 9.95. The number of alkyl halides is 3. The van der Waals surface area contributed by atoms with E-state index in [0.29, 0.717) is 23.6 Å². The van der Waals surface area contributed by atoms with Gasteiger partial charge in [0.1, 0.15) is 11.8 Å². The number of nitrogens with one attached hydrogen (secondary N) is 2. The molecule has 2 unspecified atom stereocenters. The van der Waals surface area contributed by atoms with Gasteiger partial charge in [0.05, 0.1) is 17.7 Å². The molecule has 1 amide bonds. The average Bonchev–Trinajstić information content (AvgIpc) is 2.84. The van der Waals surface area contributed by atoms with Crippen LogP contribution in [-0.4, -0.2) is 20.1 Å². The number of benzene rings is 3. The van der Waals surface area contributed by atoms with E-state index in [0.717, 1.165) is 28.8 Å². The van der Waals surface area contributed by atoms with Crippen LogP contribution in [0.2, 0.25) is 5.02 Å². The van der Waals surface area contributed by atoms with Gasteiger partial charge in [-0.15, -0.1) is 0 Å². The lowest BCUT2D eigenvalue weighted by molar-refractivity contribution is -0.137. The van der Waals surface area contributed by atoms with Gasteiger partial charge in [-0.2, -0.15) is 13.2 Å². The van der Waals surface area contributed by atoms with Crippen LogP contribution < -0.4 is 15.4 Å². The molecule has 0 spiro atoms. The van der Waals surface area contributed by atoms with Gasteiger partial charge < -0.3 is 10.1 Å². The van der Waals surface area contributed by atoms with Crippen molar-refractivity contribution in [2.24, 2.45) is 0 Å². The Bertz CT molecular complexity index is 1090. The summed E-state index contributed by atoms with van der Waals surface area (Å²) >= 11 is 6.20. The number of amides is 1. The molecular weight excluding hydrogens is 465 g/mol. The Morgan fingerprint density at radius 2 is 1.68 bits per heavy atom. The summed E-state index contributed by atoms with van der Waals surface area (Å²) in [6, 6.07) is 18.9. The topological polar surface area (TPSA) is 50.4 Å². The van der Waals surface area contributed by atoms with Crippen LogP contribution >= 0.6 is 11.6 Å². The van der Waals surface area contributed by atoms with Crippen molar-refractivity contribution in [1.29, 1.82) is 0 Å². The third-order valence-electron chi connectivity index (χ3n) is 5.59. The summed E-state index contributed by atoms with van der Waals surface area (Å²) in [5.41, 5.74) is 1.72. The first-order valence-corrected chi connectivity index (χ1v) is 11.1. The first kappa shape index (κ1) is 25.6. The second kappa shape index (κ2) is 11.4. The molecule has 0 radical (unpaired) electrons. The second-order valence-electron chi connectivity index (χ2n) is 7.80. The summed E-state index contributed by atoms with van der Waals surface area (Å²) in [4.78, 5) is 12.7. The van der Waals surface area contributed by atoms with E-state index >= 15 is 0 Å². The zero-order valence-electron chi connectivity index (χ0n) is 18.8. The molecule has 0 aliphatic carbocycles. The van der Waals surface area contributed by atoms with Crippen LogP contribution in [0.1, 0.15) is 40.8 Å². The Morgan fingerprint density at radius 1 is 1.00 bits per heavy atom. The normalized spacial score (nSPS) is 13.2. The molecule has 2 atom stereocenters.